The van der Waals surface area contributed by atoms with Crippen LogP contribution in [0.2, 0.25) is 0 Å². The minimum Gasteiger partial charge on any atom is -0.193 e. The van der Waals surface area contributed by atoms with E-state index in [-0.39, 0.29) is 0 Å². The van der Waals surface area contributed by atoms with Crippen molar-refractivity contribution in [1.82, 2.24) is 0 Å². The van der Waals surface area contributed by atoms with Crippen molar-refractivity contribution in [2.24, 2.45) is 0 Å². The van der Waals surface area contributed by atoms with Crippen LogP contribution >= 0.6 is 0 Å². The van der Waals surface area contributed by atoms with Gasteiger partial charge in [-0.05, 0) is 29.7 Å². The zero-order valence-corrected chi connectivity index (χ0v) is 9.72. The average Bonchev–Trinajstić information content (AvgIpc) is 2.38. The summed E-state index contributed by atoms with van der Waals surface area (Å²) in [6, 6.07) is 18.5. The number of benzene rings is 2. The lowest BCUT2D eigenvalue weighted by molar-refractivity contribution is 1.46. The average molecular weight is 219 g/mol. The van der Waals surface area contributed by atoms with Gasteiger partial charge in [0, 0.05) is 6.08 Å². The van der Waals surface area contributed by atoms with Crippen LogP contribution < -0.4 is 0 Å². The van der Waals surface area contributed by atoms with Crippen LogP contribution in [0.5, 0.6) is 0 Å². The Morgan fingerprint density at radius 3 is 2.41 bits per heavy atom. The van der Waals surface area contributed by atoms with Gasteiger partial charge in [0.05, 0.1) is 6.07 Å². The van der Waals surface area contributed by atoms with Gasteiger partial charge in [-0.15, -0.1) is 0 Å². The molecule has 2 aromatic carbocycles. The summed E-state index contributed by atoms with van der Waals surface area (Å²) >= 11 is 0. The molecule has 2 aromatic rings. The fraction of sp³-hybridized carbons (Fsp3) is 0.0625. The predicted molar refractivity (Wildman–Crippen MR) is 71.3 cm³/mol. The molecule has 0 unspecified atom stereocenters. The number of hydrogen-bond acceptors (Lipinski definition) is 1. The summed E-state index contributed by atoms with van der Waals surface area (Å²) in [5.41, 5.74) is 4.64. The van der Waals surface area contributed by atoms with Gasteiger partial charge >= 0.3 is 0 Å². The third-order valence-electron chi connectivity index (χ3n) is 2.66. The lowest BCUT2D eigenvalue weighted by Gasteiger charge is -2.06. The summed E-state index contributed by atoms with van der Waals surface area (Å²) in [5.74, 6) is 0. The Balaban J connectivity index is 2.48. The minimum absolute atomic E-state index is 1.07. The van der Waals surface area contributed by atoms with E-state index in [0.717, 1.165) is 11.1 Å². The molecule has 0 saturated carbocycles. The molecule has 0 bridgehead atoms. The molecule has 0 saturated heterocycles. The first-order valence-electron chi connectivity index (χ1n) is 5.53. The zero-order chi connectivity index (χ0) is 12.1. The first-order chi connectivity index (χ1) is 8.31. The van der Waals surface area contributed by atoms with Crippen molar-refractivity contribution in [2.75, 3.05) is 0 Å². The molecule has 1 nitrogen and oxygen atoms in total. The predicted octanol–water partition coefficient (Wildman–Crippen LogP) is 4.20. The fourth-order valence-electron chi connectivity index (χ4n) is 1.77. The summed E-state index contributed by atoms with van der Waals surface area (Å²) in [4.78, 5) is 0. The van der Waals surface area contributed by atoms with Crippen LogP contribution in [0, 0.1) is 18.3 Å². The molecular formula is C16H13N. The number of allylic oxidation sites excluding steroid dienone is 1. The third kappa shape index (κ3) is 2.62. The van der Waals surface area contributed by atoms with Crippen molar-refractivity contribution >= 4 is 6.08 Å². The molecule has 0 amide bonds. The number of aryl methyl sites for hydroxylation is 1. The Labute approximate surface area is 102 Å². The molecule has 82 valence electrons. The van der Waals surface area contributed by atoms with Crippen LogP contribution in [0.1, 0.15) is 11.1 Å². The van der Waals surface area contributed by atoms with Gasteiger partial charge in [-0.3, -0.25) is 0 Å². The largest absolute Gasteiger partial charge is 0.193 e. The summed E-state index contributed by atoms with van der Waals surface area (Å²) < 4.78 is 0. The van der Waals surface area contributed by atoms with Gasteiger partial charge in [-0.25, -0.2) is 0 Å². The quantitative estimate of drug-likeness (QED) is 0.694. The van der Waals surface area contributed by atoms with E-state index in [9.17, 15) is 0 Å². The van der Waals surface area contributed by atoms with Crippen LogP contribution in [0.25, 0.3) is 17.2 Å². The molecule has 0 spiro atoms. The maximum absolute atomic E-state index is 8.59. The normalized spacial score (nSPS) is 10.4. The van der Waals surface area contributed by atoms with Gasteiger partial charge in [0.2, 0.25) is 0 Å². The van der Waals surface area contributed by atoms with E-state index in [1.54, 1.807) is 0 Å². The summed E-state index contributed by atoms with van der Waals surface area (Å²) in [6.45, 7) is 2.07. The number of hydrogen-bond donors (Lipinski definition) is 0. The minimum atomic E-state index is 1.07. The van der Waals surface area contributed by atoms with Crippen LogP contribution in [0.4, 0.5) is 0 Å². The highest BCUT2D eigenvalue weighted by Crippen LogP contribution is 2.24. The van der Waals surface area contributed by atoms with Gasteiger partial charge in [-0.1, -0.05) is 54.1 Å². The zero-order valence-electron chi connectivity index (χ0n) is 9.72. The Morgan fingerprint density at radius 1 is 1.00 bits per heavy atom. The van der Waals surface area contributed by atoms with E-state index >= 15 is 0 Å². The Hall–Kier alpha value is -2.33. The molecule has 0 heterocycles. The molecule has 0 aliphatic carbocycles. The molecule has 17 heavy (non-hydrogen) atoms. The van der Waals surface area contributed by atoms with Gasteiger partial charge in [0.1, 0.15) is 0 Å². The van der Waals surface area contributed by atoms with Crippen LogP contribution in [0.15, 0.2) is 54.6 Å². The first kappa shape index (κ1) is 11.2. The lowest BCUT2D eigenvalue weighted by atomic mass is 9.98. The van der Waals surface area contributed by atoms with Crippen molar-refractivity contribution in [3.05, 3.63) is 65.7 Å². The van der Waals surface area contributed by atoms with Crippen molar-refractivity contribution in [3.8, 4) is 17.2 Å². The number of nitriles is 1. The highest BCUT2D eigenvalue weighted by atomic mass is 14.2. The van der Waals surface area contributed by atoms with Crippen LogP contribution in [-0.2, 0) is 0 Å². The summed E-state index contributed by atoms with van der Waals surface area (Å²) in [6.07, 6.45) is 3.35. The maximum Gasteiger partial charge on any atom is 0.0912 e. The maximum atomic E-state index is 8.59. The highest BCUT2D eigenvalue weighted by Gasteiger charge is 2.01. The van der Waals surface area contributed by atoms with E-state index in [4.69, 9.17) is 5.26 Å². The standard InChI is InChI=1S/C16H13N/c1-13-8-10-15(11-9-13)16-7-3-2-5-14(16)6-4-12-17/h2-11H,1H3. The topological polar surface area (TPSA) is 23.8 Å². The van der Waals surface area contributed by atoms with E-state index in [2.05, 4.69) is 37.3 Å². The summed E-state index contributed by atoms with van der Waals surface area (Å²) in [7, 11) is 0. The second-order valence-corrected chi connectivity index (χ2v) is 3.92. The second kappa shape index (κ2) is 5.14. The molecule has 0 aliphatic rings. The van der Waals surface area contributed by atoms with E-state index in [1.807, 2.05) is 30.3 Å². The van der Waals surface area contributed by atoms with Crippen molar-refractivity contribution in [1.29, 1.82) is 5.26 Å². The Morgan fingerprint density at radius 2 is 1.71 bits per heavy atom. The molecule has 0 atom stereocenters. The Bertz CT molecular complexity index is 571. The van der Waals surface area contributed by atoms with E-state index in [0.29, 0.717) is 0 Å². The molecule has 0 aliphatic heterocycles. The fourth-order valence-corrected chi connectivity index (χ4v) is 1.77. The van der Waals surface area contributed by atoms with E-state index in [1.165, 1.54) is 17.2 Å². The van der Waals surface area contributed by atoms with Crippen molar-refractivity contribution in [3.63, 3.8) is 0 Å². The van der Waals surface area contributed by atoms with Crippen LogP contribution in [0.3, 0.4) is 0 Å². The smallest absolute Gasteiger partial charge is 0.0912 e. The van der Waals surface area contributed by atoms with Gasteiger partial charge < -0.3 is 0 Å². The van der Waals surface area contributed by atoms with E-state index < -0.39 is 0 Å². The second-order valence-electron chi connectivity index (χ2n) is 3.92. The molecule has 1 heteroatoms. The molecule has 0 fully saturated rings. The van der Waals surface area contributed by atoms with Crippen molar-refractivity contribution in [2.45, 2.75) is 6.92 Å². The third-order valence-corrected chi connectivity index (χ3v) is 2.66. The first-order valence-corrected chi connectivity index (χ1v) is 5.53. The highest BCUT2D eigenvalue weighted by molar-refractivity contribution is 5.75. The lowest BCUT2D eigenvalue weighted by Crippen LogP contribution is -1.83. The molecule has 0 aromatic heterocycles. The van der Waals surface area contributed by atoms with Gasteiger partial charge in [-0.2, -0.15) is 5.26 Å². The number of nitrogens with zero attached hydrogens (tertiary/aromatic N) is 1. The number of rotatable bonds is 2. The monoisotopic (exact) mass is 219 g/mol. The molecular weight excluding hydrogens is 206 g/mol. The van der Waals surface area contributed by atoms with Gasteiger partial charge in [0.15, 0.2) is 0 Å². The molecule has 0 radical (unpaired) electrons. The molecule has 0 N–H and O–H groups in total. The van der Waals surface area contributed by atoms with Gasteiger partial charge in [0.25, 0.3) is 0 Å². The SMILES string of the molecule is Cc1ccc(-c2ccccc2C=CC#N)cc1. The van der Waals surface area contributed by atoms with Crippen molar-refractivity contribution < 1.29 is 0 Å². The summed E-state index contributed by atoms with van der Waals surface area (Å²) in [5, 5.41) is 8.59. The Kier molecular flexibility index (Phi) is 3.37. The molecule has 2 rings (SSSR count). The van der Waals surface area contributed by atoms with Crippen LogP contribution in [-0.4, -0.2) is 0 Å².